The van der Waals surface area contributed by atoms with Crippen LogP contribution in [0.25, 0.3) is 0 Å². The first kappa shape index (κ1) is 10.8. The summed E-state index contributed by atoms with van der Waals surface area (Å²) in [6.45, 7) is 1.48. The zero-order chi connectivity index (χ0) is 10.9. The molecule has 0 atom stereocenters. The van der Waals surface area contributed by atoms with Crippen molar-refractivity contribution in [3.8, 4) is 0 Å². The number of anilines is 1. The van der Waals surface area contributed by atoms with Crippen LogP contribution in [0.1, 0.15) is 15.9 Å². The molecule has 1 aromatic rings. The monoisotopic (exact) mass is 217 g/mol. The van der Waals surface area contributed by atoms with E-state index in [0.717, 1.165) is 6.07 Å². The maximum Gasteiger partial charge on any atom is 0.339 e. The Kier molecular flexibility index (Phi) is 2.96. The molecule has 2 N–H and O–H groups in total. The van der Waals surface area contributed by atoms with Crippen molar-refractivity contribution in [2.75, 3.05) is 12.8 Å². The Labute approximate surface area is 85.6 Å². The fourth-order valence-electron chi connectivity index (χ4n) is 0.995. The van der Waals surface area contributed by atoms with E-state index in [-0.39, 0.29) is 21.8 Å². The summed E-state index contributed by atoms with van der Waals surface area (Å²) in [5, 5.41) is 0.0238. The number of carbonyl (C=O) groups is 1. The van der Waals surface area contributed by atoms with Gasteiger partial charge in [0.2, 0.25) is 0 Å². The van der Waals surface area contributed by atoms with E-state index >= 15 is 0 Å². The highest BCUT2D eigenvalue weighted by Crippen LogP contribution is 2.29. The lowest BCUT2D eigenvalue weighted by Gasteiger charge is -2.08. The number of nitrogen functional groups attached to an aromatic ring is 1. The third-order valence-corrected chi connectivity index (χ3v) is 2.32. The molecule has 76 valence electrons. The predicted molar refractivity (Wildman–Crippen MR) is 51.9 cm³/mol. The van der Waals surface area contributed by atoms with E-state index in [0.29, 0.717) is 0 Å². The van der Waals surface area contributed by atoms with Crippen LogP contribution in [0.4, 0.5) is 10.1 Å². The third-order valence-electron chi connectivity index (χ3n) is 1.91. The molecule has 0 aliphatic heterocycles. The number of rotatable bonds is 1. The van der Waals surface area contributed by atoms with Gasteiger partial charge in [-0.15, -0.1) is 0 Å². The minimum atomic E-state index is -0.708. The minimum Gasteiger partial charge on any atom is -0.465 e. The number of esters is 1. The Bertz CT molecular complexity index is 393. The molecule has 0 fully saturated rings. The molecule has 1 rings (SSSR count). The number of nitrogens with two attached hydrogens (primary N) is 1. The normalized spacial score (nSPS) is 10.0. The minimum absolute atomic E-state index is 0.0238. The molecule has 0 spiro atoms. The molecule has 0 aliphatic rings. The van der Waals surface area contributed by atoms with E-state index in [2.05, 4.69) is 4.74 Å². The van der Waals surface area contributed by atoms with Crippen molar-refractivity contribution >= 4 is 23.3 Å². The number of hydrogen-bond donors (Lipinski definition) is 1. The average Bonchev–Trinajstić information content (AvgIpc) is 2.19. The number of methoxy groups -OCH3 is 1. The fraction of sp³-hybridized carbons (Fsp3) is 0.222. The first-order chi connectivity index (χ1) is 6.49. The van der Waals surface area contributed by atoms with E-state index in [1.54, 1.807) is 0 Å². The van der Waals surface area contributed by atoms with Gasteiger partial charge >= 0.3 is 5.97 Å². The molecule has 0 bridgehead atoms. The number of ether oxygens (including phenoxy) is 1. The zero-order valence-electron chi connectivity index (χ0n) is 7.73. The van der Waals surface area contributed by atoms with E-state index in [9.17, 15) is 9.18 Å². The zero-order valence-corrected chi connectivity index (χ0v) is 8.48. The molecule has 1 aromatic carbocycles. The molecule has 5 heteroatoms. The van der Waals surface area contributed by atoms with Crippen LogP contribution in [0, 0.1) is 12.7 Å². The van der Waals surface area contributed by atoms with Gasteiger partial charge in [-0.2, -0.15) is 0 Å². The van der Waals surface area contributed by atoms with Crippen molar-refractivity contribution in [1.82, 2.24) is 0 Å². The Morgan fingerprint density at radius 2 is 2.21 bits per heavy atom. The molecule has 0 aliphatic carbocycles. The van der Waals surface area contributed by atoms with Crippen molar-refractivity contribution in [2.45, 2.75) is 6.92 Å². The lowest BCUT2D eigenvalue weighted by Crippen LogP contribution is -2.06. The van der Waals surface area contributed by atoms with E-state index in [1.165, 1.54) is 14.0 Å². The summed E-state index contributed by atoms with van der Waals surface area (Å²) in [5.74, 6) is -1.28. The number of hydrogen-bond acceptors (Lipinski definition) is 3. The van der Waals surface area contributed by atoms with Crippen LogP contribution in [0.2, 0.25) is 5.02 Å². The van der Waals surface area contributed by atoms with Crippen molar-refractivity contribution < 1.29 is 13.9 Å². The average molecular weight is 218 g/mol. The second-order valence-corrected chi connectivity index (χ2v) is 3.13. The van der Waals surface area contributed by atoms with Crippen molar-refractivity contribution in [3.63, 3.8) is 0 Å². The van der Waals surface area contributed by atoms with Crippen LogP contribution in [0.5, 0.6) is 0 Å². The van der Waals surface area contributed by atoms with Gasteiger partial charge in [0.1, 0.15) is 5.82 Å². The van der Waals surface area contributed by atoms with Crippen LogP contribution in [-0.2, 0) is 4.74 Å². The standard InChI is InChI=1S/C9H9ClFNO2/c1-4-6(11)3-5(9(13)14-2)7(10)8(4)12/h3H,12H2,1-2H3. The molecule has 3 nitrogen and oxygen atoms in total. The molecule has 0 saturated heterocycles. The summed E-state index contributed by atoms with van der Waals surface area (Å²) >= 11 is 5.75. The van der Waals surface area contributed by atoms with Crippen molar-refractivity contribution in [3.05, 3.63) is 28.0 Å². The summed E-state index contributed by atoms with van der Waals surface area (Å²) in [6.07, 6.45) is 0. The Morgan fingerprint density at radius 1 is 1.64 bits per heavy atom. The van der Waals surface area contributed by atoms with Crippen LogP contribution in [0.15, 0.2) is 6.07 Å². The van der Waals surface area contributed by atoms with Gasteiger partial charge in [-0.3, -0.25) is 0 Å². The summed E-state index contributed by atoms with van der Waals surface area (Å²) < 4.78 is 17.6. The number of halogens is 2. The van der Waals surface area contributed by atoms with Gasteiger partial charge in [-0.25, -0.2) is 9.18 Å². The Balaban J connectivity index is 3.40. The van der Waals surface area contributed by atoms with Crippen LogP contribution in [0.3, 0.4) is 0 Å². The molecule has 0 unspecified atom stereocenters. The summed E-state index contributed by atoms with van der Waals surface area (Å²) in [5.41, 5.74) is 5.72. The first-order valence-electron chi connectivity index (χ1n) is 3.81. The molecule has 14 heavy (non-hydrogen) atoms. The van der Waals surface area contributed by atoms with Gasteiger partial charge in [0.15, 0.2) is 0 Å². The highest BCUT2D eigenvalue weighted by atomic mass is 35.5. The topological polar surface area (TPSA) is 52.3 Å². The quantitative estimate of drug-likeness (QED) is 0.579. The maximum atomic E-state index is 13.2. The van der Waals surface area contributed by atoms with E-state index in [4.69, 9.17) is 17.3 Å². The number of carbonyl (C=O) groups excluding carboxylic acids is 1. The summed E-state index contributed by atoms with van der Waals surface area (Å²) in [4.78, 5) is 11.1. The first-order valence-corrected chi connectivity index (χ1v) is 4.19. The van der Waals surface area contributed by atoms with E-state index in [1.807, 2.05) is 0 Å². The Morgan fingerprint density at radius 3 is 2.71 bits per heavy atom. The molecule has 0 saturated carbocycles. The highest BCUT2D eigenvalue weighted by molar-refractivity contribution is 6.36. The lowest BCUT2D eigenvalue weighted by atomic mass is 10.1. The maximum absolute atomic E-state index is 13.2. The summed E-state index contributed by atoms with van der Waals surface area (Å²) in [6, 6.07) is 1.01. The second kappa shape index (κ2) is 3.84. The molecule has 0 aromatic heterocycles. The van der Waals surface area contributed by atoms with Crippen molar-refractivity contribution in [2.24, 2.45) is 0 Å². The summed E-state index contributed by atoms with van der Waals surface area (Å²) in [7, 11) is 1.19. The van der Waals surface area contributed by atoms with Gasteiger partial charge in [0.25, 0.3) is 0 Å². The fourth-order valence-corrected chi connectivity index (χ4v) is 1.27. The molecule has 0 amide bonds. The van der Waals surface area contributed by atoms with Gasteiger partial charge in [-0.05, 0) is 13.0 Å². The predicted octanol–water partition coefficient (Wildman–Crippen LogP) is 2.16. The van der Waals surface area contributed by atoms with Crippen LogP contribution in [-0.4, -0.2) is 13.1 Å². The smallest absolute Gasteiger partial charge is 0.339 e. The van der Waals surface area contributed by atoms with Crippen LogP contribution >= 0.6 is 11.6 Å². The van der Waals surface area contributed by atoms with Crippen LogP contribution < -0.4 is 5.73 Å². The van der Waals surface area contributed by atoms with Gasteiger partial charge in [0, 0.05) is 5.56 Å². The number of benzene rings is 1. The second-order valence-electron chi connectivity index (χ2n) is 2.75. The molecule has 0 heterocycles. The lowest BCUT2D eigenvalue weighted by molar-refractivity contribution is 0.0600. The largest absolute Gasteiger partial charge is 0.465 e. The van der Waals surface area contributed by atoms with Crippen molar-refractivity contribution in [1.29, 1.82) is 0 Å². The highest BCUT2D eigenvalue weighted by Gasteiger charge is 2.17. The van der Waals surface area contributed by atoms with Gasteiger partial charge < -0.3 is 10.5 Å². The molecular weight excluding hydrogens is 209 g/mol. The van der Waals surface area contributed by atoms with Gasteiger partial charge in [-0.1, -0.05) is 11.6 Å². The Hall–Kier alpha value is -1.29. The van der Waals surface area contributed by atoms with Gasteiger partial charge in [0.05, 0.1) is 23.4 Å². The molecular formula is C9H9ClFNO2. The third kappa shape index (κ3) is 1.65. The molecule has 0 radical (unpaired) electrons. The SMILES string of the molecule is COC(=O)c1cc(F)c(C)c(N)c1Cl. The van der Waals surface area contributed by atoms with E-state index < -0.39 is 11.8 Å².